The van der Waals surface area contributed by atoms with Gasteiger partial charge in [0.2, 0.25) is 0 Å². The Morgan fingerprint density at radius 1 is 1.24 bits per heavy atom. The Hall–Kier alpha value is -2.13. The highest BCUT2D eigenvalue weighted by Gasteiger charge is 2.23. The molecule has 2 N–H and O–H groups in total. The lowest BCUT2D eigenvalue weighted by atomic mass is 10.2. The molecule has 0 saturated carbocycles. The van der Waals surface area contributed by atoms with Gasteiger partial charge in [0.25, 0.3) is 0 Å². The summed E-state index contributed by atoms with van der Waals surface area (Å²) in [5.41, 5.74) is 0.772. The Morgan fingerprint density at radius 3 is 2.43 bits per heavy atom. The number of ether oxygens (including phenoxy) is 2. The molecule has 116 valence electrons. The number of benzene rings is 1. The summed E-state index contributed by atoms with van der Waals surface area (Å²) >= 11 is 0. The number of amides is 1. The highest BCUT2D eigenvalue weighted by molar-refractivity contribution is 7.88. The van der Waals surface area contributed by atoms with Gasteiger partial charge < -0.3 is 9.47 Å². The first-order valence-corrected chi connectivity index (χ1v) is 7.41. The summed E-state index contributed by atoms with van der Waals surface area (Å²) in [6.07, 6.45) is -1.16. The normalized spacial score (nSPS) is 12.3. The maximum Gasteiger partial charge on any atom is 0.421 e. The number of carbonyl (C=O) groups excluding carboxylic acids is 2. The van der Waals surface area contributed by atoms with E-state index in [-0.39, 0.29) is 6.61 Å². The molecular weight excluding hydrogens is 300 g/mol. The van der Waals surface area contributed by atoms with Gasteiger partial charge in [-0.1, -0.05) is 30.3 Å². The minimum Gasteiger partial charge on any atom is -0.460 e. The van der Waals surface area contributed by atoms with Crippen LogP contribution in [0, 0.1) is 0 Å². The van der Waals surface area contributed by atoms with Crippen LogP contribution in [0.3, 0.4) is 0 Å². The van der Waals surface area contributed by atoms with Crippen molar-refractivity contribution in [3.8, 4) is 0 Å². The molecule has 0 unspecified atom stereocenters. The van der Waals surface area contributed by atoms with Crippen molar-refractivity contribution in [1.29, 1.82) is 0 Å². The topological polar surface area (TPSA) is 111 Å². The van der Waals surface area contributed by atoms with E-state index in [4.69, 9.17) is 4.74 Å². The fourth-order valence-corrected chi connectivity index (χ4v) is 2.24. The van der Waals surface area contributed by atoms with E-state index in [0.29, 0.717) is 0 Å². The molecule has 1 amide bonds. The zero-order chi connectivity index (χ0) is 15.9. The van der Waals surface area contributed by atoms with Gasteiger partial charge in [-0.25, -0.2) is 9.52 Å². The molecule has 0 radical (unpaired) electrons. The average molecular weight is 316 g/mol. The fraction of sp³-hybridized carbons (Fsp3) is 0.333. The number of methoxy groups -OCH3 is 1. The van der Waals surface area contributed by atoms with Crippen molar-refractivity contribution in [2.75, 3.05) is 7.11 Å². The number of carbonyl (C=O) groups is 2. The quantitative estimate of drug-likeness (QED) is 0.731. The Bertz CT molecular complexity index is 587. The van der Waals surface area contributed by atoms with Gasteiger partial charge in [0.15, 0.2) is 0 Å². The van der Waals surface area contributed by atoms with Crippen molar-refractivity contribution in [2.45, 2.75) is 19.6 Å². The first kappa shape index (κ1) is 16.9. The molecule has 9 heteroatoms. The Balaban J connectivity index is 2.49. The minimum atomic E-state index is -4.20. The van der Waals surface area contributed by atoms with Gasteiger partial charge in [0.1, 0.15) is 12.6 Å². The molecule has 0 aliphatic rings. The summed E-state index contributed by atoms with van der Waals surface area (Å²) in [6.45, 7) is 1.32. The summed E-state index contributed by atoms with van der Waals surface area (Å²) in [4.78, 5) is 22.5. The van der Waals surface area contributed by atoms with Crippen molar-refractivity contribution < 1.29 is 27.5 Å². The smallest absolute Gasteiger partial charge is 0.421 e. The second kappa shape index (κ2) is 7.60. The third kappa shape index (κ3) is 6.23. The van der Waals surface area contributed by atoms with Crippen molar-refractivity contribution >= 4 is 22.3 Å². The summed E-state index contributed by atoms with van der Waals surface area (Å²) in [5.74, 6) is -0.769. The summed E-state index contributed by atoms with van der Waals surface area (Å²) in [6, 6.07) is 7.77. The molecule has 21 heavy (non-hydrogen) atoms. The lowest BCUT2D eigenvalue weighted by molar-refractivity contribution is -0.146. The van der Waals surface area contributed by atoms with E-state index in [0.717, 1.165) is 12.7 Å². The largest absolute Gasteiger partial charge is 0.460 e. The molecule has 0 fully saturated rings. The van der Waals surface area contributed by atoms with Crippen LogP contribution in [0.25, 0.3) is 0 Å². The van der Waals surface area contributed by atoms with Crippen molar-refractivity contribution in [2.24, 2.45) is 0 Å². The SMILES string of the molecule is COC(=O)NS(=O)(=O)N[C@H](C)C(=O)OCc1ccccc1. The molecule has 0 bridgehead atoms. The fourth-order valence-electron chi connectivity index (χ4n) is 1.32. The first-order chi connectivity index (χ1) is 9.84. The molecule has 0 aliphatic carbocycles. The van der Waals surface area contributed by atoms with Crippen LogP contribution in [-0.2, 0) is 31.1 Å². The maximum absolute atomic E-state index is 11.7. The van der Waals surface area contributed by atoms with Gasteiger partial charge >= 0.3 is 22.3 Å². The van der Waals surface area contributed by atoms with E-state index in [1.54, 1.807) is 29.0 Å². The number of hydrogen-bond donors (Lipinski definition) is 2. The van der Waals surface area contributed by atoms with Crippen LogP contribution in [0.15, 0.2) is 30.3 Å². The molecule has 0 aromatic heterocycles. The van der Waals surface area contributed by atoms with E-state index in [2.05, 4.69) is 4.74 Å². The van der Waals surface area contributed by atoms with Gasteiger partial charge in [-0.05, 0) is 12.5 Å². The van der Waals surface area contributed by atoms with Crippen LogP contribution in [0.1, 0.15) is 12.5 Å². The molecule has 0 aliphatic heterocycles. The number of rotatable bonds is 6. The van der Waals surface area contributed by atoms with Gasteiger partial charge in [0.05, 0.1) is 7.11 Å². The first-order valence-electron chi connectivity index (χ1n) is 5.92. The van der Waals surface area contributed by atoms with Crippen LogP contribution < -0.4 is 9.44 Å². The average Bonchev–Trinajstić information content (AvgIpc) is 2.44. The summed E-state index contributed by atoms with van der Waals surface area (Å²) in [7, 11) is -3.18. The highest BCUT2D eigenvalue weighted by Crippen LogP contribution is 2.02. The summed E-state index contributed by atoms with van der Waals surface area (Å²) in [5, 5.41) is 0. The number of hydrogen-bond acceptors (Lipinski definition) is 6. The summed E-state index contributed by atoms with van der Waals surface area (Å²) < 4.78 is 35.5. The molecule has 1 aromatic carbocycles. The molecule has 1 atom stereocenters. The zero-order valence-corrected chi connectivity index (χ0v) is 12.3. The van der Waals surface area contributed by atoms with E-state index >= 15 is 0 Å². The van der Waals surface area contributed by atoms with Gasteiger partial charge in [0, 0.05) is 0 Å². The predicted molar refractivity (Wildman–Crippen MR) is 73.3 cm³/mol. The molecular formula is C12H16N2O6S. The zero-order valence-electron chi connectivity index (χ0n) is 11.5. The van der Waals surface area contributed by atoms with E-state index in [1.807, 2.05) is 10.8 Å². The second-order valence-corrected chi connectivity index (χ2v) is 5.48. The van der Waals surface area contributed by atoms with Crippen molar-refractivity contribution in [3.63, 3.8) is 0 Å². The van der Waals surface area contributed by atoms with E-state index in [9.17, 15) is 18.0 Å². The molecule has 1 rings (SSSR count). The van der Waals surface area contributed by atoms with E-state index < -0.39 is 28.3 Å². The van der Waals surface area contributed by atoms with Crippen LogP contribution in [0.4, 0.5) is 4.79 Å². The Kier molecular flexibility index (Phi) is 6.12. The third-order valence-corrected chi connectivity index (χ3v) is 3.41. The van der Waals surface area contributed by atoms with Crippen molar-refractivity contribution in [1.82, 2.24) is 9.44 Å². The van der Waals surface area contributed by atoms with Gasteiger partial charge in [-0.15, -0.1) is 0 Å². The Labute approximate surface area is 122 Å². The van der Waals surface area contributed by atoms with Gasteiger partial charge in [-0.2, -0.15) is 13.1 Å². The molecule has 0 heterocycles. The number of nitrogens with one attached hydrogen (secondary N) is 2. The van der Waals surface area contributed by atoms with Crippen LogP contribution in [0.2, 0.25) is 0 Å². The van der Waals surface area contributed by atoms with Crippen LogP contribution in [-0.4, -0.2) is 33.6 Å². The monoisotopic (exact) mass is 316 g/mol. The minimum absolute atomic E-state index is 0.0240. The molecule has 8 nitrogen and oxygen atoms in total. The van der Waals surface area contributed by atoms with Gasteiger partial charge in [-0.3, -0.25) is 4.79 Å². The van der Waals surface area contributed by atoms with Crippen LogP contribution >= 0.6 is 0 Å². The van der Waals surface area contributed by atoms with Crippen molar-refractivity contribution in [3.05, 3.63) is 35.9 Å². The highest BCUT2D eigenvalue weighted by atomic mass is 32.2. The standard InChI is InChI=1S/C12H16N2O6S/c1-9(13-21(17,18)14-12(16)19-2)11(15)20-8-10-6-4-3-5-7-10/h3-7,9,13H,8H2,1-2H3,(H,14,16)/t9-/m1/s1. The molecule has 0 spiro atoms. The lowest BCUT2D eigenvalue weighted by Crippen LogP contribution is -2.47. The lowest BCUT2D eigenvalue weighted by Gasteiger charge is -2.13. The third-order valence-electron chi connectivity index (χ3n) is 2.31. The maximum atomic E-state index is 11.7. The molecule has 1 aromatic rings. The van der Waals surface area contributed by atoms with Crippen LogP contribution in [0.5, 0.6) is 0 Å². The van der Waals surface area contributed by atoms with E-state index in [1.165, 1.54) is 6.92 Å². The predicted octanol–water partition coefficient (Wildman–Crippen LogP) is 0.309. The second-order valence-electron chi connectivity index (χ2n) is 4.03. The molecule has 0 saturated heterocycles. The number of esters is 1. The Morgan fingerprint density at radius 2 is 1.86 bits per heavy atom.